The Balaban J connectivity index is 0.00000196. The Morgan fingerprint density at radius 2 is 2.00 bits per heavy atom. The molecule has 2 aromatic rings. The Hall–Kier alpha value is -2.29. The van der Waals surface area contributed by atoms with E-state index in [1.165, 1.54) is 5.56 Å². The van der Waals surface area contributed by atoms with Gasteiger partial charge in [0.05, 0.1) is 18.3 Å². The minimum atomic E-state index is -0.625. The number of nitrogens with one attached hydrogen (secondary N) is 4. The first kappa shape index (κ1) is 23.7. The molecule has 1 saturated heterocycles. The number of halogens is 2. The van der Waals surface area contributed by atoms with Gasteiger partial charge in [0.15, 0.2) is 0 Å². The zero-order valence-corrected chi connectivity index (χ0v) is 17.1. The lowest BCUT2D eigenvalue weighted by Crippen LogP contribution is -2.49. The quantitative estimate of drug-likeness (QED) is 0.471. The van der Waals surface area contributed by atoms with Crippen LogP contribution in [0.3, 0.4) is 0 Å². The number of nitrogens with zero attached hydrogens (tertiary/aromatic N) is 1. The lowest BCUT2D eigenvalue weighted by molar-refractivity contribution is -0.129. The van der Waals surface area contributed by atoms with Crippen LogP contribution in [-0.4, -0.2) is 40.6 Å². The summed E-state index contributed by atoms with van der Waals surface area (Å²) in [6.45, 7) is 2.70. The van der Waals surface area contributed by atoms with Gasteiger partial charge < -0.3 is 21.7 Å². The van der Waals surface area contributed by atoms with E-state index >= 15 is 0 Å². The van der Waals surface area contributed by atoms with E-state index in [9.17, 15) is 9.59 Å². The molecule has 0 radical (unpaired) electrons. The van der Waals surface area contributed by atoms with Gasteiger partial charge in [-0.25, -0.2) is 0 Å². The van der Waals surface area contributed by atoms with Gasteiger partial charge in [-0.15, -0.1) is 24.8 Å². The summed E-state index contributed by atoms with van der Waals surface area (Å²) < 4.78 is 0. The Labute approximate surface area is 176 Å². The first-order chi connectivity index (χ1) is 12.5. The van der Waals surface area contributed by atoms with Crippen molar-refractivity contribution in [3.8, 4) is 0 Å². The number of carbonyl (C=O) groups is 2. The van der Waals surface area contributed by atoms with Gasteiger partial charge in [0, 0.05) is 12.6 Å². The molecular formula is C18H26Cl2N6O2. The molecular weight excluding hydrogens is 403 g/mol. The van der Waals surface area contributed by atoms with Gasteiger partial charge in [-0.05, 0) is 24.8 Å². The number of rotatable bonds is 6. The molecule has 0 aliphatic carbocycles. The molecule has 1 aliphatic rings. The molecule has 0 saturated carbocycles. The lowest BCUT2D eigenvalue weighted by Gasteiger charge is -2.17. The maximum Gasteiger partial charge on any atom is 0.242 e. The fourth-order valence-corrected chi connectivity index (χ4v) is 3.10. The number of nitrogens with two attached hydrogens (primary N) is 1. The predicted octanol–water partition coefficient (Wildman–Crippen LogP) is 1.10. The fourth-order valence-electron chi connectivity index (χ4n) is 3.10. The van der Waals surface area contributed by atoms with Gasteiger partial charge in [0.2, 0.25) is 11.8 Å². The molecule has 0 spiro atoms. The summed E-state index contributed by atoms with van der Waals surface area (Å²) in [5, 5.41) is 15.3. The molecule has 0 bridgehead atoms. The van der Waals surface area contributed by atoms with Crippen molar-refractivity contribution >= 4 is 42.4 Å². The average molecular weight is 429 g/mol. The lowest BCUT2D eigenvalue weighted by atomic mass is 9.96. The number of hydrogen-bond acceptors (Lipinski definition) is 5. The number of benzene rings is 1. The molecule has 1 aromatic heterocycles. The number of aromatic nitrogens is 2. The zero-order chi connectivity index (χ0) is 18.5. The van der Waals surface area contributed by atoms with Crippen LogP contribution in [0.25, 0.3) is 0 Å². The molecule has 6 N–H and O–H groups in total. The highest BCUT2D eigenvalue weighted by molar-refractivity contribution is 5.89. The molecule has 154 valence electrons. The molecule has 3 rings (SSSR count). The second-order valence-corrected chi connectivity index (χ2v) is 6.57. The van der Waals surface area contributed by atoms with Crippen molar-refractivity contribution in [2.75, 3.05) is 12.3 Å². The number of anilines is 1. The summed E-state index contributed by atoms with van der Waals surface area (Å²) in [7, 11) is 0. The van der Waals surface area contributed by atoms with E-state index in [2.05, 4.69) is 38.3 Å². The molecule has 1 aromatic carbocycles. The summed E-state index contributed by atoms with van der Waals surface area (Å²) >= 11 is 0. The van der Waals surface area contributed by atoms with Gasteiger partial charge in [-0.1, -0.05) is 30.3 Å². The number of nitrogen functional groups attached to an aromatic ring is 1. The predicted molar refractivity (Wildman–Crippen MR) is 113 cm³/mol. The minimum Gasteiger partial charge on any atom is -0.382 e. The van der Waals surface area contributed by atoms with Crippen molar-refractivity contribution in [1.29, 1.82) is 0 Å². The smallest absolute Gasteiger partial charge is 0.242 e. The van der Waals surface area contributed by atoms with Crippen LogP contribution in [0.5, 0.6) is 0 Å². The highest BCUT2D eigenvalue weighted by Crippen LogP contribution is 2.25. The van der Waals surface area contributed by atoms with E-state index in [4.69, 9.17) is 5.73 Å². The van der Waals surface area contributed by atoms with Crippen LogP contribution in [-0.2, 0) is 16.1 Å². The third kappa shape index (κ3) is 6.12. The summed E-state index contributed by atoms with van der Waals surface area (Å²) in [5.74, 6) is 0.263. The summed E-state index contributed by atoms with van der Waals surface area (Å²) in [5.41, 5.74) is 7.44. The number of aromatic amines is 1. The monoisotopic (exact) mass is 428 g/mol. The van der Waals surface area contributed by atoms with Crippen LogP contribution < -0.4 is 21.7 Å². The molecule has 10 heteroatoms. The number of amides is 2. The second-order valence-electron chi connectivity index (χ2n) is 6.57. The standard InChI is InChI=1S/C18H24N6O2.2ClH/c1-11(17(25)21-10-14-8-16(19)24-23-14)22-18(26)15-7-13(9-20-15)12-5-3-2-4-6-12;;/h2-6,8,11,13,15,20H,7,9-10H2,1H3,(H,21,25)(H,22,26)(H3,19,23,24);2*1H/t11-,13-,15+;;/m0../s1. The largest absolute Gasteiger partial charge is 0.382 e. The number of hydrogen-bond donors (Lipinski definition) is 5. The van der Waals surface area contributed by atoms with Gasteiger partial charge in [-0.3, -0.25) is 14.7 Å². The van der Waals surface area contributed by atoms with Crippen molar-refractivity contribution in [1.82, 2.24) is 26.1 Å². The number of H-pyrrole nitrogens is 1. The highest BCUT2D eigenvalue weighted by Gasteiger charge is 2.31. The van der Waals surface area contributed by atoms with Crippen molar-refractivity contribution in [3.05, 3.63) is 47.7 Å². The van der Waals surface area contributed by atoms with E-state index in [0.717, 1.165) is 13.0 Å². The average Bonchev–Trinajstić information content (AvgIpc) is 3.29. The Bertz CT molecular complexity index is 770. The first-order valence-corrected chi connectivity index (χ1v) is 8.69. The molecule has 8 nitrogen and oxygen atoms in total. The van der Waals surface area contributed by atoms with E-state index in [1.807, 2.05) is 18.2 Å². The van der Waals surface area contributed by atoms with Crippen LogP contribution in [0, 0.1) is 0 Å². The molecule has 1 fully saturated rings. The SMILES string of the molecule is C[C@H](NC(=O)[C@H]1C[C@H](c2ccccc2)CN1)C(=O)NCc1cc(N)n[nH]1.Cl.Cl. The molecule has 2 amide bonds. The van der Waals surface area contributed by atoms with Crippen molar-refractivity contribution in [2.45, 2.75) is 37.9 Å². The fraction of sp³-hybridized carbons (Fsp3) is 0.389. The van der Waals surface area contributed by atoms with E-state index < -0.39 is 6.04 Å². The molecule has 3 atom stereocenters. The van der Waals surface area contributed by atoms with E-state index in [0.29, 0.717) is 17.4 Å². The molecule has 1 aliphatic heterocycles. The van der Waals surface area contributed by atoms with Gasteiger partial charge in [0.25, 0.3) is 0 Å². The molecule has 28 heavy (non-hydrogen) atoms. The molecule has 2 heterocycles. The van der Waals surface area contributed by atoms with Crippen LogP contribution in [0.2, 0.25) is 0 Å². The minimum absolute atomic E-state index is 0. The van der Waals surface area contributed by atoms with Crippen LogP contribution in [0.15, 0.2) is 36.4 Å². The van der Waals surface area contributed by atoms with Gasteiger partial charge in [0.1, 0.15) is 11.9 Å². The maximum atomic E-state index is 12.4. The third-order valence-corrected chi connectivity index (χ3v) is 4.57. The summed E-state index contributed by atoms with van der Waals surface area (Å²) in [6, 6.07) is 10.9. The van der Waals surface area contributed by atoms with Gasteiger partial charge >= 0.3 is 0 Å². The Morgan fingerprint density at radius 1 is 1.29 bits per heavy atom. The Morgan fingerprint density at radius 3 is 2.64 bits per heavy atom. The zero-order valence-electron chi connectivity index (χ0n) is 15.5. The topological polar surface area (TPSA) is 125 Å². The third-order valence-electron chi connectivity index (χ3n) is 4.57. The summed E-state index contributed by atoms with van der Waals surface area (Å²) in [4.78, 5) is 24.6. The van der Waals surface area contributed by atoms with Crippen LogP contribution in [0.1, 0.15) is 30.5 Å². The van der Waals surface area contributed by atoms with E-state index in [-0.39, 0.29) is 49.2 Å². The normalized spacial score (nSPS) is 19.0. The highest BCUT2D eigenvalue weighted by atomic mass is 35.5. The Kier molecular flexibility index (Phi) is 9.24. The van der Waals surface area contributed by atoms with Crippen LogP contribution in [0.4, 0.5) is 5.82 Å². The van der Waals surface area contributed by atoms with Crippen molar-refractivity contribution in [3.63, 3.8) is 0 Å². The van der Waals surface area contributed by atoms with Crippen molar-refractivity contribution in [2.24, 2.45) is 0 Å². The summed E-state index contributed by atoms with van der Waals surface area (Å²) in [6.07, 6.45) is 0.720. The van der Waals surface area contributed by atoms with E-state index in [1.54, 1.807) is 13.0 Å². The first-order valence-electron chi connectivity index (χ1n) is 8.69. The van der Waals surface area contributed by atoms with Crippen molar-refractivity contribution < 1.29 is 9.59 Å². The number of carbonyl (C=O) groups excluding carboxylic acids is 2. The maximum absolute atomic E-state index is 12.4. The van der Waals surface area contributed by atoms with Gasteiger partial charge in [-0.2, -0.15) is 5.10 Å². The van der Waals surface area contributed by atoms with Crippen LogP contribution >= 0.6 is 24.8 Å². The molecule has 0 unspecified atom stereocenters. The second kappa shape index (κ2) is 10.9.